The Morgan fingerprint density at radius 1 is 1.67 bits per heavy atom. The van der Waals surface area contributed by atoms with Crippen molar-refractivity contribution in [3.05, 3.63) is 0 Å². The number of nitrogens with zero attached hydrogens (tertiary/aromatic N) is 2. The largest absolute Gasteiger partial charge is 0.352 e. The number of carbonyl (C=O) groups excluding carboxylic acids is 1. The van der Waals surface area contributed by atoms with Crippen molar-refractivity contribution < 1.29 is 4.79 Å². The summed E-state index contributed by atoms with van der Waals surface area (Å²) in [7, 11) is 0. The van der Waals surface area contributed by atoms with E-state index in [0.29, 0.717) is 13.1 Å². The Balaban J connectivity index is 2.01. The van der Waals surface area contributed by atoms with Gasteiger partial charge in [0, 0.05) is 26.2 Å². The Morgan fingerprint density at radius 3 is 3.08 bits per heavy atom. The first-order chi connectivity index (χ1) is 5.83. The summed E-state index contributed by atoms with van der Waals surface area (Å²) in [6.45, 7) is 3.54. The third kappa shape index (κ3) is 2.98. The zero-order valence-corrected chi connectivity index (χ0v) is 6.99. The number of nitrogens with two attached hydrogens (primary N) is 1. The van der Waals surface area contributed by atoms with Crippen molar-refractivity contribution >= 4 is 12.2 Å². The Bertz CT molecular complexity index is 180. The van der Waals surface area contributed by atoms with Crippen LogP contribution in [0.2, 0.25) is 0 Å². The minimum Gasteiger partial charge on any atom is -0.352 e. The monoisotopic (exact) mass is 170 g/mol. The lowest BCUT2D eigenvalue weighted by molar-refractivity contribution is -0.117. The Kier molecular flexibility index (Phi) is 3.69. The maximum absolute atomic E-state index is 10.7. The molecule has 12 heavy (non-hydrogen) atoms. The first-order valence-electron chi connectivity index (χ1n) is 4.05. The van der Waals surface area contributed by atoms with E-state index in [1.807, 2.05) is 4.90 Å². The Hall–Kier alpha value is -0.940. The predicted octanol–water partition coefficient (Wildman–Crippen LogP) is -1.59. The van der Waals surface area contributed by atoms with Crippen molar-refractivity contribution in [1.82, 2.24) is 10.2 Å². The van der Waals surface area contributed by atoms with Crippen LogP contribution in [0.15, 0.2) is 4.99 Å². The van der Waals surface area contributed by atoms with E-state index in [4.69, 9.17) is 5.73 Å². The van der Waals surface area contributed by atoms with Gasteiger partial charge in [-0.2, -0.15) is 0 Å². The summed E-state index contributed by atoms with van der Waals surface area (Å²) in [5, 5.41) is 3.14. The van der Waals surface area contributed by atoms with E-state index in [0.717, 1.165) is 19.6 Å². The van der Waals surface area contributed by atoms with Crippen molar-refractivity contribution in [3.8, 4) is 0 Å². The smallest absolute Gasteiger partial charge is 0.266 e. The van der Waals surface area contributed by atoms with E-state index in [1.165, 1.54) is 0 Å². The molecule has 1 heterocycles. The lowest BCUT2D eigenvalue weighted by Gasteiger charge is -2.12. The number of amides is 1. The van der Waals surface area contributed by atoms with Gasteiger partial charge >= 0.3 is 0 Å². The molecule has 0 saturated heterocycles. The summed E-state index contributed by atoms with van der Waals surface area (Å²) >= 11 is 0. The van der Waals surface area contributed by atoms with Crippen LogP contribution in [-0.4, -0.2) is 49.9 Å². The minimum absolute atomic E-state index is 0.0613. The molecule has 68 valence electrons. The molecule has 0 saturated carbocycles. The molecule has 1 amide bonds. The second-order valence-electron chi connectivity index (χ2n) is 2.65. The van der Waals surface area contributed by atoms with Gasteiger partial charge in [0.2, 0.25) is 0 Å². The molecule has 0 fully saturated rings. The Morgan fingerprint density at radius 2 is 2.50 bits per heavy atom. The van der Waals surface area contributed by atoms with E-state index in [1.54, 1.807) is 6.34 Å². The number of hydrogen-bond acceptors (Lipinski definition) is 4. The number of aliphatic imine (C=N–C) groups is 1. The third-order valence-electron chi connectivity index (χ3n) is 1.60. The molecule has 0 unspecified atom stereocenters. The first-order valence-corrected chi connectivity index (χ1v) is 4.05. The van der Waals surface area contributed by atoms with Crippen LogP contribution in [0.25, 0.3) is 0 Å². The topological polar surface area (TPSA) is 70.7 Å². The zero-order chi connectivity index (χ0) is 8.81. The van der Waals surface area contributed by atoms with Gasteiger partial charge in [0.25, 0.3) is 5.91 Å². The van der Waals surface area contributed by atoms with Crippen molar-refractivity contribution in [1.29, 1.82) is 0 Å². The fourth-order valence-corrected chi connectivity index (χ4v) is 0.988. The van der Waals surface area contributed by atoms with Gasteiger partial charge in [0.05, 0.1) is 6.34 Å². The predicted molar refractivity (Wildman–Crippen MR) is 47.0 cm³/mol. The van der Waals surface area contributed by atoms with Crippen molar-refractivity contribution in [2.45, 2.75) is 0 Å². The van der Waals surface area contributed by atoms with E-state index in [-0.39, 0.29) is 5.91 Å². The van der Waals surface area contributed by atoms with E-state index in [9.17, 15) is 4.79 Å². The average Bonchev–Trinajstić information content (AvgIpc) is 2.45. The normalized spacial score (nSPS) is 16.1. The summed E-state index contributed by atoms with van der Waals surface area (Å²) in [6, 6.07) is 0. The third-order valence-corrected chi connectivity index (χ3v) is 1.60. The molecule has 0 atom stereocenters. The average molecular weight is 170 g/mol. The molecule has 0 aliphatic carbocycles. The highest BCUT2D eigenvalue weighted by atomic mass is 16.1. The summed E-state index contributed by atoms with van der Waals surface area (Å²) in [4.78, 5) is 16.2. The van der Waals surface area contributed by atoms with Crippen molar-refractivity contribution in [2.75, 3.05) is 32.7 Å². The van der Waals surface area contributed by atoms with Crippen LogP contribution in [0.1, 0.15) is 0 Å². The highest BCUT2D eigenvalue weighted by Gasteiger charge is 2.11. The quantitative estimate of drug-likeness (QED) is 0.488. The summed E-state index contributed by atoms with van der Waals surface area (Å²) in [6.07, 6.45) is 1.59. The van der Waals surface area contributed by atoms with Gasteiger partial charge in [-0.1, -0.05) is 0 Å². The summed E-state index contributed by atoms with van der Waals surface area (Å²) < 4.78 is 0. The van der Waals surface area contributed by atoms with Crippen LogP contribution in [0.5, 0.6) is 0 Å². The van der Waals surface area contributed by atoms with Crippen LogP contribution in [0.4, 0.5) is 0 Å². The minimum atomic E-state index is -0.0613. The molecule has 5 nitrogen and oxygen atoms in total. The Labute approximate surface area is 71.6 Å². The lowest BCUT2D eigenvalue weighted by Crippen LogP contribution is -2.33. The zero-order valence-electron chi connectivity index (χ0n) is 6.99. The molecule has 0 aromatic rings. The lowest BCUT2D eigenvalue weighted by atomic mass is 10.5. The molecule has 1 aliphatic rings. The van der Waals surface area contributed by atoms with Gasteiger partial charge in [-0.15, -0.1) is 0 Å². The van der Waals surface area contributed by atoms with Crippen LogP contribution >= 0.6 is 0 Å². The maximum atomic E-state index is 10.7. The molecule has 0 radical (unpaired) electrons. The van der Waals surface area contributed by atoms with Gasteiger partial charge in [-0.3, -0.25) is 4.79 Å². The SMILES string of the molecule is NCCNCCN1C=NC(=O)C1. The van der Waals surface area contributed by atoms with Gasteiger partial charge in [-0.05, 0) is 0 Å². The number of carbonyl (C=O) groups is 1. The van der Waals surface area contributed by atoms with E-state index >= 15 is 0 Å². The highest BCUT2D eigenvalue weighted by Crippen LogP contribution is 1.92. The fraction of sp³-hybridized carbons (Fsp3) is 0.714. The highest BCUT2D eigenvalue weighted by molar-refractivity contribution is 5.91. The number of rotatable bonds is 5. The van der Waals surface area contributed by atoms with Gasteiger partial charge in [0.15, 0.2) is 0 Å². The van der Waals surface area contributed by atoms with Crippen molar-refractivity contribution in [2.24, 2.45) is 10.7 Å². The molecule has 5 heteroatoms. The molecule has 0 spiro atoms. The van der Waals surface area contributed by atoms with Gasteiger partial charge in [-0.25, -0.2) is 4.99 Å². The fourth-order valence-electron chi connectivity index (χ4n) is 0.988. The molecular formula is C7H14N4O. The van der Waals surface area contributed by atoms with Crippen molar-refractivity contribution in [3.63, 3.8) is 0 Å². The van der Waals surface area contributed by atoms with Crippen LogP contribution in [-0.2, 0) is 4.79 Å². The number of nitrogens with one attached hydrogen (secondary N) is 1. The standard InChI is InChI=1S/C7H14N4O/c8-1-2-9-3-4-11-5-7(12)10-6-11/h6,9H,1-5,8H2. The van der Waals surface area contributed by atoms with E-state index < -0.39 is 0 Å². The van der Waals surface area contributed by atoms with Crippen LogP contribution < -0.4 is 11.1 Å². The summed E-state index contributed by atoms with van der Waals surface area (Å²) in [5.74, 6) is -0.0613. The number of hydrogen-bond donors (Lipinski definition) is 2. The molecular weight excluding hydrogens is 156 g/mol. The van der Waals surface area contributed by atoms with Crippen LogP contribution in [0, 0.1) is 0 Å². The van der Waals surface area contributed by atoms with E-state index in [2.05, 4.69) is 10.3 Å². The molecule has 0 aromatic carbocycles. The second-order valence-corrected chi connectivity index (χ2v) is 2.65. The maximum Gasteiger partial charge on any atom is 0.266 e. The van der Waals surface area contributed by atoms with Gasteiger partial charge < -0.3 is 16.0 Å². The summed E-state index contributed by atoms with van der Waals surface area (Å²) in [5.41, 5.74) is 5.29. The molecule has 1 rings (SSSR count). The van der Waals surface area contributed by atoms with Crippen LogP contribution in [0.3, 0.4) is 0 Å². The molecule has 0 bridgehead atoms. The second kappa shape index (κ2) is 4.84. The first kappa shape index (κ1) is 9.15. The molecule has 0 aromatic heterocycles. The molecule has 3 N–H and O–H groups in total. The van der Waals surface area contributed by atoms with Gasteiger partial charge in [0.1, 0.15) is 6.54 Å². The molecule has 1 aliphatic heterocycles.